The third-order valence-corrected chi connectivity index (χ3v) is 4.09. The normalized spacial score (nSPS) is 14.4. The van der Waals surface area contributed by atoms with Gasteiger partial charge in [0.25, 0.3) is 0 Å². The number of rotatable bonds is 3. The van der Waals surface area contributed by atoms with Crippen molar-refractivity contribution >= 4 is 17.4 Å². The van der Waals surface area contributed by atoms with Crippen molar-refractivity contribution in [2.75, 3.05) is 43.5 Å². The van der Waals surface area contributed by atoms with E-state index >= 15 is 0 Å². The summed E-state index contributed by atoms with van der Waals surface area (Å²) >= 11 is 0. The Kier molecular flexibility index (Phi) is 4.84. The van der Waals surface area contributed by atoms with Gasteiger partial charge in [0.05, 0.1) is 12.8 Å². The van der Waals surface area contributed by atoms with Crippen molar-refractivity contribution in [1.29, 1.82) is 0 Å². The van der Waals surface area contributed by atoms with Gasteiger partial charge in [0.15, 0.2) is 0 Å². The third-order valence-electron chi connectivity index (χ3n) is 4.09. The van der Waals surface area contributed by atoms with Gasteiger partial charge in [-0.15, -0.1) is 0 Å². The number of halogens is 1. The minimum atomic E-state index is -0.246. The van der Waals surface area contributed by atoms with Gasteiger partial charge in [-0.3, -0.25) is 0 Å². The number of carbonyl (C=O) groups is 1. The molecule has 126 valence electrons. The van der Waals surface area contributed by atoms with Crippen LogP contribution in [0.25, 0.3) is 0 Å². The molecule has 2 amide bonds. The summed E-state index contributed by atoms with van der Waals surface area (Å²) in [5.74, 6) is 0.382. The second-order valence-electron chi connectivity index (χ2n) is 5.58. The molecule has 0 radical (unpaired) electrons. The molecule has 24 heavy (non-hydrogen) atoms. The maximum Gasteiger partial charge on any atom is 0.322 e. The third kappa shape index (κ3) is 3.59. The molecule has 0 saturated carbocycles. The molecule has 1 N–H and O–H groups in total. The first kappa shape index (κ1) is 16.1. The summed E-state index contributed by atoms with van der Waals surface area (Å²) in [6.07, 6.45) is 0. The number of piperazine rings is 1. The van der Waals surface area contributed by atoms with Crippen LogP contribution in [0.4, 0.5) is 20.6 Å². The van der Waals surface area contributed by atoms with Gasteiger partial charge >= 0.3 is 6.03 Å². The van der Waals surface area contributed by atoms with Gasteiger partial charge in [0.2, 0.25) is 0 Å². The highest BCUT2D eigenvalue weighted by molar-refractivity contribution is 5.91. The lowest BCUT2D eigenvalue weighted by Gasteiger charge is -2.36. The zero-order valence-corrected chi connectivity index (χ0v) is 13.5. The molecule has 3 rings (SSSR count). The molecule has 1 aliphatic heterocycles. The predicted octanol–water partition coefficient (Wildman–Crippen LogP) is 3.19. The Hall–Kier alpha value is -2.76. The number of nitrogens with zero attached hydrogens (tertiary/aromatic N) is 2. The standard InChI is InChI=1S/C18H20FN3O2/c1-24-17-8-3-2-7-16(17)20-18(23)22-11-9-21(10-12-22)15-6-4-5-14(19)13-15/h2-8,13H,9-12H2,1H3,(H,20,23). The molecular formula is C18H20FN3O2. The van der Waals surface area contributed by atoms with E-state index in [1.807, 2.05) is 18.2 Å². The van der Waals surface area contributed by atoms with E-state index in [1.165, 1.54) is 12.1 Å². The van der Waals surface area contributed by atoms with Crippen LogP contribution in [0.2, 0.25) is 0 Å². The quantitative estimate of drug-likeness (QED) is 0.940. The first-order chi connectivity index (χ1) is 11.7. The van der Waals surface area contributed by atoms with Crippen LogP contribution in [-0.2, 0) is 0 Å². The van der Waals surface area contributed by atoms with Gasteiger partial charge < -0.3 is 19.9 Å². The van der Waals surface area contributed by atoms with E-state index in [4.69, 9.17) is 4.74 Å². The van der Waals surface area contributed by atoms with Crippen LogP contribution < -0.4 is 15.0 Å². The highest BCUT2D eigenvalue weighted by Crippen LogP contribution is 2.24. The van der Waals surface area contributed by atoms with Crippen molar-refractivity contribution in [3.05, 3.63) is 54.3 Å². The second-order valence-corrected chi connectivity index (χ2v) is 5.58. The Morgan fingerprint density at radius 3 is 2.54 bits per heavy atom. The molecule has 2 aromatic carbocycles. The molecule has 1 fully saturated rings. The van der Waals surface area contributed by atoms with Crippen LogP contribution in [0.3, 0.4) is 0 Å². The zero-order valence-electron chi connectivity index (χ0n) is 13.5. The first-order valence-electron chi connectivity index (χ1n) is 7.87. The number of benzene rings is 2. The van der Waals surface area contributed by atoms with E-state index < -0.39 is 0 Å². The SMILES string of the molecule is COc1ccccc1NC(=O)N1CCN(c2cccc(F)c2)CC1. The van der Waals surface area contributed by atoms with E-state index in [9.17, 15) is 9.18 Å². The van der Waals surface area contributed by atoms with Crippen molar-refractivity contribution in [2.24, 2.45) is 0 Å². The van der Waals surface area contributed by atoms with Crippen LogP contribution in [0.5, 0.6) is 5.75 Å². The van der Waals surface area contributed by atoms with Gasteiger partial charge in [-0.1, -0.05) is 18.2 Å². The maximum absolute atomic E-state index is 13.3. The van der Waals surface area contributed by atoms with Gasteiger partial charge in [-0.05, 0) is 30.3 Å². The number of methoxy groups -OCH3 is 1. The molecule has 0 spiro atoms. The topological polar surface area (TPSA) is 44.8 Å². The number of ether oxygens (including phenoxy) is 1. The van der Waals surface area contributed by atoms with Crippen molar-refractivity contribution in [3.63, 3.8) is 0 Å². The number of para-hydroxylation sites is 2. The van der Waals surface area contributed by atoms with Gasteiger partial charge in [-0.2, -0.15) is 0 Å². The monoisotopic (exact) mass is 329 g/mol. The van der Waals surface area contributed by atoms with E-state index in [-0.39, 0.29) is 11.8 Å². The van der Waals surface area contributed by atoms with Crippen LogP contribution in [0, 0.1) is 5.82 Å². The summed E-state index contributed by atoms with van der Waals surface area (Å²) in [5.41, 5.74) is 1.50. The van der Waals surface area contributed by atoms with Gasteiger partial charge in [-0.25, -0.2) is 9.18 Å². The lowest BCUT2D eigenvalue weighted by molar-refractivity contribution is 0.208. The Labute approximate surface area is 140 Å². The van der Waals surface area contributed by atoms with Crippen LogP contribution in [0.1, 0.15) is 0 Å². The van der Waals surface area contributed by atoms with E-state index in [1.54, 1.807) is 30.2 Å². The summed E-state index contributed by atoms with van der Waals surface area (Å²) < 4.78 is 18.6. The fraction of sp³-hybridized carbons (Fsp3) is 0.278. The lowest BCUT2D eigenvalue weighted by atomic mass is 10.2. The summed E-state index contributed by atoms with van der Waals surface area (Å²) in [4.78, 5) is 16.2. The van der Waals surface area contributed by atoms with Crippen molar-refractivity contribution in [2.45, 2.75) is 0 Å². The van der Waals surface area contributed by atoms with Crippen LogP contribution >= 0.6 is 0 Å². The van der Waals surface area contributed by atoms with E-state index in [0.717, 1.165) is 5.69 Å². The second kappa shape index (κ2) is 7.21. The number of amides is 2. The van der Waals surface area contributed by atoms with Crippen molar-refractivity contribution < 1.29 is 13.9 Å². The number of urea groups is 1. The van der Waals surface area contributed by atoms with Gasteiger partial charge in [0.1, 0.15) is 11.6 Å². The summed E-state index contributed by atoms with van der Waals surface area (Å²) in [6.45, 7) is 2.50. The van der Waals surface area contributed by atoms with Gasteiger partial charge in [0, 0.05) is 31.9 Å². The molecule has 0 aromatic heterocycles. The fourth-order valence-electron chi connectivity index (χ4n) is 2.78. The zero-order chi connectivity index (χ0) is 16.9. The minimum Gasteiger partial charge on any atom is -0.495 e. The molecule has 0 unspecified atom stereocenters. The van der Waals surface area contributed by atoms with Crippen LogP contribution in [0.15, 0.2) is 48.5 Å². The molecule has 0 aliphatic carbocycles. The van der Waals surface area contributed by atoms with Crippen LogP contribution in [-0.4, -0.2) is 44.2 Å². The van der Waals surface area contributed by atoms with Crippen molar-refractivity contribution in [1.82, 2.24) is 4.90 Å². The molecule has 5 nitrogen and oxygen atoms in total. The molecule has 1 saturated heterocycles. The maximum atomic E-state index is 13.3. The summed E-state index contributed by atoms with van der Waals surface area (Å²) in [7, 11) is 1.57. The number of hydrogen-bond acceptors (Lipinski definition) is 3. The Bertz CT molecular complexity index is 715. The van der Waals surface area contributed by atoms with E-state index in [0.29, 0.717) is 37.6 Å². The number of anilines is 2. The Morgan fingerprint density at radius 2 is 1.83 bits per heavy atom. The fourth-order valence-corrected chi connectivity index (χ4v) is 2.78. The molecule has 0 atom stereocenters. The smallest absolute Gasteiger partial charge is 0.322 e. The Balaban J connectivity index is 1.59. The summed E-state index contributed by atoms with van der Waals surface area (Å²) in [6, 6.07) is 13.7. The average molecular weight is 329 g/mol. The lowest BCUT2D eigenvalue weighted by Crippen LogP contribution is -2.50. The van der Waals surface area contributed by atoms with Crippen molar-refractivity contribution in [3.8, 4) is 5.75 Å². The molecule has 0 bridgehead atoms. The molecular weight excluding hydrogens is 309 g/mol. The summed E-state index contributed by atoms with van der Waals surface area (Å²) in [5, 5.41) is 2.88. The highest BCUT2D eigenvalue weighted by Gasteiger charge is 2.22. The average Bonchev–Trinajstić information content (AvgIpc) is 2.62. The minimum absolute atomic E-state index is 0.154. The molecule has 6 heteroatoms. The highest BCUT2D eigenvalue weighted by atomic mass is 19.1. The van der Waals surface area contributed by atoms with E-state index in [2.05, 4.69) is 10.2 Å². The first-order valence-corrected chi connectivity index (χ1v) is 7.87. The molecule has 2 aromatic rings. The Morgan fingerprint density at radius 1 is 1.08 bits per heavy atom. The molecule has 1 heterocycles. The largest absolute Gasteiger partial charge is 0.495 e. The predicted molar refractivity (Wildman–Crippen MR) is 92.2 cm³/mol. The number of carbonyl (C=O) groups excluding carboxylic acids is 1. The number of nitrogens with one attached hydrogen (secondary N) is 1. The number of hydrogen-bond donors (Lipinski definition) is 1. The molecule has 1 aliphatic rings.